The van der Waals surface area contributed by atoms with Gasteiger partial charge in [-0.2, -0.15) is 0 Å². The highest BCUT2D eigenvalue weighted by Crippen LogP contribution is 2.26. The Morgan fingerprint density at radius 3 is 2.53 bits per heavy atom. The molecular weight excluding hydrogens is 208 g/mol. The van der Waals surface area contributed by atoms with Crippen LogP contribution in [0.5, 0.6) is 0 Å². The van der Waals surface area contributed by atoms with Crippen LogP contribution in [0.2, 0.25) is 5.02 Å². The molecule has 78 valence electrons. The molecule has 0 aliphatic rings. The molecular formula is C13H13ClO. The standard InChI is InChI=1S/C13H13ClO/c14-13-8-2-6-11-10(5-3-9-15)4-1-7-12(11)13/h1-2,4,6-8,15H,3,5,9H2. The van der Waals surface area contributed by atoms with Gasteiger partial charge in [0.25, 0.3) is 0 Å². The van der Waals surface area contributed by atoms with Crippen molar-refractivity contribution in [1.82, 2.24) is 0 Å². The molecule has 2 heteroatoms. The highest BCUT2D eigenvalue weighted by Gasteiger charge is 2.02. The van der Waals surface area contributed by atoms with Crippen LogP contribution >= 0.6 is 11.6 Å². The Balaban J connectivity index is 2.51. The van der Waals surface area contributed by atoms with E-state index < -0.39 is 0 Å². The molecule has 0 saturated heterocycles. The van der Waals surface area contributed by atoms with E-state index in [1.807, 2.05) is 24.3 Å². The van der Waals surface area contributed by atoms with Crippen LogP contribution in [0, 0.1) is 0 Å². The van der Waals surface area contributed by atoms with E-state index in [2.05, 4.69) is 12.1 Å². The fraction of sp³-hybridized carbons (Fsp3) is 0.231. The first-order valence-electron chi connectivity index (χ1n) is 5.10. The van der Waals surface area contributed by atoms with Crippen LogP contribution in [0.3, 0.4) is 0 Å². The average Bonchev–Trinajstić information content (AvgIpc) is 2.27. The fourth-order valence-electron chi connectivity index (χ4n) is 1.82. The minimum Gasteiger partial charge on any atom is -0.396 e. The third kappa shape index (κ3) is 2.14. The molecule has 0 aliphatic heterocycles. The Kier molecular flexibility index (Phi) is 3.24. The van der Waals surface area contributed by atoms with Crippen molar-refractivity contribution >= 4 is 22.4 Å². The van der Waals surface area contributed by atoms with Crippen molar-refractivity contribution in [2.75, 3.05) is 6.61 Å². The molecule has 0 fully saturated rings. The summed E-state index contributed by atoms with van der Waals surface area (Å²) in [6.07, 6.45) is 1.69. The highest BCUT2D eigenvalue weighted by molar-refractivity contribution is 6.35. The van der Waals surface area contributed by atoms with Gasteiger partial charge in [0, 0.05) is 17.0 Å². The van der Waals surface area contributed by atoms with Crippen molar-refractivity contribution in [3.05, 3.63) is 47.0 Å². The zero-order valence-corrected chi connectivity index (χ0v) is 9.17. The molecule has 0 amide bonds. The van der Waals surface area contributed by atoms with Gasteiger partial charge in [-0.1, -0.05) is 41.9 Å². The Labute approximate surface area is 94.3 Å². The predicted molar refractivity (Wildman–Crippen MR) is 64.4 cm³/mol. The lowest BCUT2D eigenvalue weighted by atomic mass is 10.0. The molecule has 1 N–H and O–H groups in total. The van der Waals surface area contributed by atoms with Gasteiger partial charge in [-0.15, -0.1) is 0 Å². The van der Waals surface area contributed by atoms with Gasteiger partial charge in [-0.3, -0.25) is 0 Å². The van der Waals surface area contributed by atoms with E-state index in [1.165, 1.54) is 10.9 Å². The lowest BCUT2D eigenvalue weighted by Gasteiger charge is -2.06. The van der Waals surface area contributed by atoms with E-state index in [0.717, 1.165) is 23.3 Å². The lowest BCUT2D eigenvalue weighted by molar-refractivity contribution is 0.289. The molecule has 0 heterocycles. The van der Waals surface area contributed by atoms with Gasteiger partial charge in [-0.05, 0) is 29.9 Å². The van der Waals surface area contributed by atoms with Gasteiger partial charge in [0.2, 0.25) is 0 Å². The predicted octanol–water partition coefficient (Wildman–Crippen LogP) is 3.42. The van der Waals surface area contributed by atoms with Crippen molar-refractivity contribution in [1.29, 1.82) is 0 Å². The Hall–Kier alpha value is -1.05. The smallest absolute Gasteiger partial charge is 0.0484 e. The number of fused-ring (bicyclic) bond motifs is 1. The molecule has 0 spiro atoms. The largest absolute Gasteiger partial charge is 0.396 e. The van der Waals surface area contributed by atoms with Gasteiger partial charge in [-0.25, -0.2) is 0 Å². The van der Waals surface area contributed by atoms with Crippen LogP contribution in [0.4, 0.5) is 0 Å². The maximum atomic E-state index is 8.83. The molecule has 2 aromatic carbocycles. The zero-order chi connectivity index (χ0) is 10.7. The maximum Gasteiger partial charge on any atom is 0.0484 e. The Morgan fingerprint density at radius 2 is 1.73 bits per heavy atom. The normalized spacial score (nSPS) is 10.8. The second-order valence-electron chi connectivity index (χ2n) is 3.58. The number of aryl methyl sites for hydroxylation is 1. The summed E-state index contributed by atoms with van der Waals surface area (Å²) >= 11 is 6.11. The second kappa shape index (κ2) is 4.65. The molecule has 0 aliphatic carbocycles. The second-order valence-corrected chi connectivity index (χ2v) is 3.99. The zero-order valence-electron chi connectivity index (χ0n) is 8.41. The topological polar surface area (TPSA) is 20.2 Å². The van der Waals surface area contributed by atoms with Crippen LogP contribution in [-0.2, 0) is 6.42 Å². The van der Waals surface area contributed by atoms with Gasteiger partial charge in [0.05, 0.1) is 0 Å². The van der Waals surface area contributed by atoms with Gasteiger partial charge < -0.3 is 5.11 Å². The molecule has 0 atom stereocenters. The van der Waals surface area contributed by atoms with E-state index in [0.29, 0.717) is 0 Å². The summed E-state index contributed by atoms with van der Waals surface area (Å²) in [4.78, 5) is 0. The summed E-state index contributed by atoms with van der Waals surface area (Å²) in [5, 5.41) is 11.9. The molecule has 0 radical (unpaired) electrons. The summed E-state index contributed by atoms with van der Waals surface area (Å²) in [5.41, 5.74) is 1.25. The van der Waals surface area contributed by atoms with Crippen LogP contribution in [0.25, 0.3) is 10.8 Å². The first-order chi connectivity index (χ1) is 7.33. The summed E-state index contributed by atoms with van der Waals surface area (Å²) in [6.45, 7) is 0.233. The first-order valence-corrected chi connectivity index (χ1v) is 5.47. The van der Waals surface area contributed by atoms with Crippen molar-refractivity contribution in [3.63, 3.8) is 0 Å². The van der Waals surface area contributed by atoms with Crippen LogP contribution in [0.15, 0.2) is 36.4 Å². The van der Waals surface area contributed by atoms with E-state index in [4.69, 9.17) is 16.7 Å². The third-order valence-corrected chi connectivity index (χ3v) is 2.89. The molecule has 15 heavy (non-hydrogen) atoms. The SMILES string of the molecule is OCCCc1cccc2c(Cl)cccc12. The Morgan fingerprint density at radius 1 is 1.00 bits per heavy atom. The molecule has 2 rings (SSSR count). The van der Waals surface area contributed by atoms with Gasteiger partial charge in [0.1, 0.15) is 0 Å². The average molecular weight is 221 g/mol. The monoisotopic (exact) mass is 220 g/mol. The first kappa shape index (κ1) is 10.5. The van der Waals surface area contributed by atoms with Crippen LogP contribution < -0.4 is 0 Å². The lowest BCUT2D eigenvalue weighted by Crippen LogP contribution is -1.90. The number of hydrogen-bond acceptors (Lipinski definition) is 1. The van der Waals surface area contributed by atoms with E-state index in [-0.39, 0.29) is 6.61 Å². The van der Waals surface area contributed by atoms with E-state index in [9.17, 15) is 0 Å². The maximum absolute atomic E-state index is 8.83. The minimum atomic E-state index is 0.233. The third-order valence-electron chi connectivity index (χ3n) is 2.56. The molecule has 1 nitrogen and oxygen atoms in total. The number of aliphatic hydroxyl groups excluding tert-OH is 1. The van der Waals surface area contributed by atoms with Crippen molar-refractivity contribution < 1.29 is 5.11 Å². The molecule has 2 aromatic rings. The minimum absolute atomic E-state index is 0.233. The van der Waals surface area contributed by atoms with Crippen molar-refractivity contribution in [3.8, 4) is 0 Å². The summed E-state index contributed by atoms with van der Waals surface area (Å²) in [5.74, 6) is 0. The molecule has 0 bridgehead atoms. The number of rotatable bonds is 3. The van der Waals surface area contributed by atoms with Crippen LogP contribution in [0.1, 0.15) is 12.0 Å². The number of benzene rings is 2. The number of hydrogen-bond donors (Lipinski definition) is 1. The quantitative estimate of drug-likeness (QED) is 0.841. The number of halogens is 1. The Bertz CT molecular complexity index is 465. The highest BCUT2D eigenvalue weighted by atomic mass is 35.5. The fourth-order valence-corrected chi connectivity index (χ4v) is 2.06. The summed E-state index contributed by atoms with van der Waals surface area (Å²) < 4.78 is 0. The van der Waals surface area contributed by atoms with E-state index in [1.54, 1.807) is 0 Å². The number of aliphatic hydroxyl groups is 1. The molecule has 0 aromatic heterocycles. The van der Waals surface area contributed by atoms with E-state index >= 15 is 0 Å². The van der Waals surface area contributed by atoms with Crippen LogP contribution in [-0.4, -0.2) is 11.7 Å². The molecule has 0 unspecified atom stereocenters. The van der Waals surface area contributed by atoms with Crippen molar-refractivity contribution in [2.24, 2.45) is 0 Å². The van der Waals surface area contributed by atoms with Gasteiger partial charge in [0.15, 0.2) is 0 Å². The van der Waals surface area contributed by atoms with Gasteiger partial charge >= 0.3 is 0 Å². The van der Waals surface area contributed by atoms with Crippen molar-refractivity contribution in [2.45, 2.75) is 12.8 Å². The molecule has 0 saturated carbocycles. The summed E-state index contributed by atoms with van der Waals surface area (Å²) in [7, 11) is 0. The summed E-state index contributed by atoms with van der Waals surface area (Å²) in [6, 6.07) is 12.1.